The Labute approximate surface area is 112 Å². The zero-order valence-electron chi connectivity index (χ0n) is 10.1. The molecule has 4 aliphatic rings. The molecule has 0 N–H and O–H groups in total. The molecular weight excluding hydrogens is 266 g/mol. The molecule has 102 valence electrons. The van der Waals surface area contributed by atoms with Crippen LogP contribution in [0.1, 0.15) is 23.1 Å². The van der Waals surface area contributed by atoms with Crippen molar-refractivity contribution >= 4 is 17.6 Å². The Balaban J connectivity index is 1.96. The van der Waals surface area contributed by atoms with Crippen molar-refractivity contribution in [3.63, 3.8) is 0 Å². The van der Waals surface area contributed by atoms with Crippen LogP contribution in [-0.2, 0) is 19.1 Å². The molecule has 1 aromatic rings. The van der Waals surface area contributed by atoms with E-state index in [2.05, 4.69) is 0 Å². The summed E-state index contributed by atoms with van der Waals surface area (Å²) in [5.74, 6) is -3.00. The second kappa shape index (κ2) is 3.63. The maximum absolute atomic E-state index is 11.8. The molecule has 1 aromatic carbocycles. The number of carbonyl (C=O) groups is 2. The van der Waals surface area contributed by atoms with Crippen LogP contribution in [0.2, 0.25) is 0 Å². The monoisotopic (exact) mass is 275 g/mol. The van der Waals surface area contributed by atoms with Crippen molar-refractivity contribution < 1.29 is 24.0 Å². The number of cyclic esters (lactones) is 2. The highest BCUT2D eigenvalue weighted by atomic mass is 16.6. The largest absolute Gasteiger partial charge is 0.393 e. The summed E-state index contributed by atoms with van der Waals surface area (Å²) in [5.41, 5.74) is 1.12. The van der Waals surface area contributed by atoms with Gasteiger partial charge in [0.15, 0.2) is 0 Å². The van der Waals surface area contributed by atoms with E-state index < -0.39 is 40.7 Å². The number of fused-ring (bicyclic) bond motifs is 1. The van der Waals surface area contributed by atoms with E-state index in [4.69, 9.17) is 9.47 Å². The number of rotatable bonds is 1. The Morgan fingerprint density at radius 2 is 1.95 bits per heavy atom. The predicted octanol–water partition coefficient (Wildman–Crippen LogP) is 1.08. The van der Waals surface area contributed by atoms with Crippen LogP contribution < -0.4 is 0 Å². The van der Waals surface area contributed by atoms with Gasteiger partial charge in [-0.3, -0.25) is 19.7 Å². The summed E-state index contributed by atoms with van der Waals surface area (Å²) in [5, 5.41) is 11.2. The summed E-state index contributed by atoms with van der Waals surface area (Å²) >= 11 is 0. The van der Waals surface area contributed by atoms with Gasteiger partial charge in [0.05, 0.1) is 23.6 Å². The molecule has 2 bridgehead atoms. The minimum absolute atomic E-state index is 0.0219. The molecule has 7 heteroatoms. The van der Waals surface area contributed by atoms with Crippen LogP contribution in [0.25, 0.3) is 0 Å². The predicted molar refractivity (Wildman–Crippen MR) is 62.6 cm³/mol. The van der Waals surface area contributed by atoms with Gasteiger partial charge in [0.1, 0.15) is 5.92 Å². The molecule has 0 amide bonds. The average Bonchev–Trinajstić information content (AvgIpc) is 2.76. The van der Waals surface area contributed by atoms with E-state index in [0.29, 0.717) is 11.1 Å². The van der Waals surface area contributed by atoms with Crippen LogP contribution in [-0.4, -0.2) is 23.5 Å². The minimum atomic E-state index is -0.671. The first-order valence-corrected chi connectivity index (χ1v) is 6.24. The lowest BCUT2D eigenvalue weighted by atomic mass is 9.66. The lowest BCUT2D eigenvalue weighted by Crippen LogP contribution is -2.44. The summed E-state index contributed by atoms with van der Waals surface area (Å²) < 4.78 is 10.3. The lowest BCUT2D eigenvalue weighted by Gasteiger charge is -2.42. The van der Waals surface area contributed by atoms with Crippen LogP contribution in [0, 0.1) is 22.0 Å². The summed E-state index contributed by atoms with van der Waals surface area (Å²) in [7, 11) is 0. The summed E-state index contributed by atoms with van der Waals surface area (Å²) in [6.07, 6.45) is -0.626. The highest BCUT2D eigenvalue weighted by Gasteiger charge is 2.61. The number of hydrogen-bond donors (Lipinski definition) is 0. The van der Waals surface area contributed by atoms with Gasteiger partial charge in [-0.05, 0) is 5.56 Å². The van der Waals surface area contributed by atoms with Crippen molar-refractivity contribution in [1.82, 2.24) is 0 Å². The topological polar surface area (TPSA) is 95.7 Å². The third-order valence-electron chi connectivity index (χ3n) is 4.34. The van der Waals surface area contributed by atoms with Crippen LogP contribution in [0.15, 0.2) is 18.2 Å². The van der Waals surface area contributed by atoms with Gasteiger partial charge in [0, 0.05) is 17.5 Å². The van der Waals surface area contributed by atoms with Crippen LogP contribution >= 0.6 is 0 Å². The maximum atomic E-state index is 11.8. The fourth-order valence-electron chi connectivity index (χ4n) is 3.60. The summed E-state index contributed by atoms with van der Waals surface area (Å²) in [4.78, 5) is 34.3. The molecule has 7 nitrogen and oxygen atoms in total. The first-order chi connectivity index (χ1) is 9.59. The fraction of sp³-hybridized carbons (Fsp3) is 0.385. The molecule has 5 rings (SSSR count). The molecule has 0 aromatic heterocycles. The number of hydrogen-bond acceptors (Lipinski definition) is 6. The molecule has 0 radical (unpaired) electrons. The Kier molecular flexibility index (Phi) is 2.10. The Hall–Kier alpha value is -2.28. The Bertz CT molecular complexity index is 669. The van der Waals surface area contributed by atoms with E-state index in [1.807, 2.05) is 0 Å². The van der Waals surface area contributed by atoms with E-state index >= 15 is 0 Å². The quantitative estimate of drug-likeness (QED) is 0.329. The van der Waals surface area contributed by atoms with Crippen LogP contribution in [0.4, 0.5) is 5.69 Å². The Morgan fingerprint density at radius 1 is 1.20 bits per heavy atom. The number of esters is 2. The van der Waals surface area contributed by atoms with Crippen molar-refractivity contribution in [3.05, 3.63) is 39.4 Å². The molecule has 0 saturated carbocycles. The maximum Gasteiger partial charge on any atom is 0.320 e. The van der Waals surface area contributed by atoms with Gasteiger partial charge in [-0.1, -0.05) is 12.1 Å². The third-order valence-corrected chi connectivity index (χ3v) is 4.34. The van der Waals surface area contributed by atoms with Gasteiger partial charge in [-0.2, -0.15) is 0 Å². The first kappa shape index (κ1) is 11.5. The van der Waals surface area contributed by atoms with E-state index in [0.717, 1.165) is 0 Å². The summed E-state index contributed by atoms with van der Waals surface area (Å²) in [6, 6.07) is 4.69. The van der Waals surface area contributed by atoms with Crippen LogP contribution in [0.3, 0.4) is 0 Å². The van der Waals surface area contributed by atoms with Crippen molar-refractivity contribution in [2.45, 2.75) is 12.0 Å². The van der Waals surface area contributed by atoms with Crippen molar-refractivity contribution in [1.29, 1.82) is 0 Å². The molecule has 0 unspecified atom stereocenters. The average molecular weight is 275 g/mol. The second-order valence-corrected chi connectivity index (χ2v) is 5.19. The smallest absolute Gasteiger partial charge is 0.320 e. The zero-order chi connectivity index (χ0) is 14.0. The fourth-order valence-corrected chi connectivity index (χ4v) is 3.60. The summed E-state index contributed by atoms with van der Waals surface area (Å²) in [6.45, 7) is 0.200. The molecule has 20 heavy (non-hydrogen) atoms. The van der Waals surface area contributed by atoms with Gasteiger partial charge >= 0.3 is 11.9 Å². The van der Waals surface area contributed by atoms with E-state index in [1.165, 1.54) is 6.07 Å². The van der Waals surface area contributed by atoms with Crippen molar-refractivity contribution in [2.75, 3.05) is 6.61 Å². The standard InChI is InChI=1S/C13H9NO6/c15-12-9-6-4-19-11(10(9)13(16)20-12)5-2-1-3-7(8(5)6)14(17)18/h1-3,6,9-11H,4H2/t6-,9-,10+,11-/m0/s1. The van der Waals surface area contributed by atoms with Gasteiger partial charge < -0.3 is 9.47 Å². The van der Waals surface area contributed by atoms with Gasteiger partial charge in [-0.25, -0.2) is 0 Å². The number of benzene rings is 1. The number of nitrogens with zero attached hydrogens (tertiary/aromatic N) is 1. The van der Waals surface area contributed by atoms with E-state index in [-0.39, 0.29) is 12.3 Å². The highest BCUT2D eigenvalue weighted by molar-refractivity contribution is 5.98. The van der Waals surface area contributed by atoms with Gasteiger partial charge in [-0.15, -0.1) is 0 Å². The highest BCUT2D eigenvalue weighted by Crippen LogP contribution is 2.56. The van der Waals surface area contributed by atoms with E-state index in [9.17, 15) is 19.7 Å². The molecular formula is C13H9NO6. The Morgan fingerprint density at radius 3 is 2.70 bits per heavy atom. The van der Waals surface area contributed by atoms with Gasteiger partial charge in [0.2, 0.25) is 0 Å². The van der Waals surface area contributed by atoms with Crippen molar-refractivity contribution in [2.24, 2.45) is 11.8 Å². The molecule has 3 heterocycles. The molecule has 2 saturated heterocycles. The number of nitro benzene ring substituents is 1. The lowest BCUT2D eigenvalue weighted by molar-refractivity contribution is -0.386. The SMILES string of the molecule is O=C1OC(=O)[C@@H]2[C@@H]1[C@H]1CO[C@H]2c2cccc([N+](=O)[O-])c21. The van der Waals surface area contributed by atoms with E-state index in [1.54, 1.807) is 12.1 Å². The molecule has 3 aliphatic heterocycles. The number of ether oxygens (including phenoxy) is 2. The molecule has 1 aliphatic carbocycles. The number of nitro groups is 1. The minimum Gasteiger partial charge on any atom is -0.393 e. The molecule has 4 atom stereocenters. The van der Waals surface area contributed by atoms with Crippen LogP contribution in [0.5, 0.6) is 0 Å². The normalized spacial score (nSPS) is 33.6. The van der Waals surface area contributed by atoms with Crippen molar-refractivity contribution in [3.8, 4) is 0 Å². The molecule has 0 spiro atoms. The second-order valence-electron chi connectivity index (χ2n) is 5.19. The molecule has 2 fully saturated rings. The first-order valence-electron chi connectivity index (χ1n) is 6.24. The number of carbonyl (C=O) groups excluding carboxylic acids is 2. The third kappa shape index (κ3) is 1.23. The van der Waals surface area contributed by atoms with Gasteiger partial charge in [0.25, 0.3) is 5.69 Å². The zero-order valence-corrected chi connectivity index (χ0v) is 10.1.